The van der Waals surface area contributed by atoms with Gasteiger partial charge in [0.2, 0.25) is 5.91 Å². The molecule has 0 aliphatic rings. The molecule has 0 aromatic heterocycles. The van der Waals surface area contributed by atoms with Crippen LogP contribution in [0.25, 0.3) is 0 Å². The van der Waals surface area contributed by atoms with E-state index in [0.29, 0.717) is 12.5 Å². The fraction of sp³-hybridized carbons (Fsp3) is 0.556. The van der Waals surface area contributed by atoms with Gasteiger partial charge in [-0.3, -0.25) is 9.79 Å². The number of hydrogen-bond acceptors (Lipinski definition) is 4. The van der Waals surface area contributed by atoms with Crippen molar-refractivity contribution in [3.63, 3.8) is 0 Å². The van der Waals surface area contributed by atoms with Crippen LogP contribution in [-0.2, 0) is 4.79 Å². The van der Waals surface area contributed by atoms with Gasteiger partial charge in [-0.15, -0.1) is 24.0 Å². The lowest BCUT2D eigenvalue weighted by atomic mass is 10.1. The molecular formula is C18H31IN4O3. The van der Waals surface area contributed by atoms with E-state index >= 15 is 0 Å². The zero-order valence-electron chi connectivity index (χ0n) is 16.4. The lowest BCUT2D eigenvalue weighted by Gasteiger charge is -2.21. The van der Waals surface area contributed by atoms with E-state index in [-0.39, 0.29) is 48.1 Å². The summed E-state index contributed by atoms with van der Waals surface area (Å²) in [5.74, 6) is 1.95. The molecule has 148 valence electrons. The number of aliphatic imine (C=N–C) groups is 1. The van der Waals surface area contributed by atoms with Crippen LogP contribution in [0, 0.1) is 0 Å². The Morgan fingerprint density at radius 2 is 1.88 bits per heavy atom. The van der Waals surface area contributed by atoms with Gasteiger partial charge in [0, 0.05) is 18.7 Å². The van der Waals surface area contributed by atoms with Crippen molar-refractivity contribution in [2.45, 2.75) is 39.3 Å². The molecule has 0 bridgehead atoms. The summed E-state index contributed by atoms with van der Waals surface area (Å²) in [5.41, 5.74) is -0.255. The van der Waals surface area contributed by atoms with Crippen LogP contribution in [0.4, 0.5) is 0 Å². The predicted octanol–water partition coefficient (Wildman–Crippen LogP) is 2.16. The lowest BCUT2D eigenvalue weighted by Crippen LogP contribution is -2.49. The fourth-order valence-electron chi connectivity index (χ4n) is 2.04. The molecule has 8 heteroatoms. The summed E-state index contributed by atoms with van der Waals surface area (Å²) in [5, 5.41) is 9.01. The van der Waals surface area contributed by atoms with E-state index in [1.54, 1.807) is 14.2 Å². The van der Waals surface area contributed by atoms with Gasteiger partial charge in [0.25, 0.3) is 0 Å². The summed E-state index contributed by atoms with van der Waals surface area (Å²) < 4.78 is 11.0. The number of nitrogens with one attached hydrogen (secondary N) is 3. The van der Waals surface area contributed by atoms with Crippen LogP contribution < -0.4 is 25.4 Å². The van der Waals surface area contributed by atoms with Crippen LogP contribution in [-0.4, -0.2) is 50.8 Å². The molecule has 1 amide bonds. The Labute approximate surface area is 173 Å². The summed E-state index contributed by atoms with van der Waals surface area (Å²) in [4.78, 5) is 15.9. The number of halogens is 1. The van der Waals surface area contributed by atoms with Gasteiger partial charge in [-0.1, -0.05) is 6.07 Å². The van der Waals surface area contributed by atoms with Crippen molar-refractivity contribution in [2.24, 2.45) is 4.99 Å². The van der Waals surface area contributed by atoms with Crippen LogP contribution in [0.2, 0.25) is 0 Å². The summed E-state index contributed by atoms with van der Waals surface area (Å²) in [7, 11) is 3.28. The average molecular weight is 478 g/mol. The summed E-state index contributed by atoms with van der Waals surface area (Å²) >= 11 is 0. The molecule has 0 spiro atoms. The van der Waals surface area contributed by atoms with Crippen molar-refractivity contribution in [1.82, 2.24) is 16.0 Å². The highest BCUT2D eigenvalue weighted by atomic mass is 127. The van der Waals surface area contributed by atoms with Crippen LogP contribution in [0.3, 0.4) is 0 Å². The number of rotatable bonds is 7. The molecule has 3 N–H and O–H groups in total. The molecule has 0 saturated heterocycles. The number of ether oxygens (including phenoxy) is 2. The summed E-state index contributed by atoms with van der Waals surface area (Å²) in [6.45, 7) is 8.46. The molecule has 0 aliphatic heterocycles. The Kier molecular flexibility index (Phi) is 11.0. The van der Waals surface area contributed by atoms with Crippen molar-refractivity contribution < 1.29 is 14.3 Å². The number of nitrogens with zero attached hydrogens (tertiary/aromatic N) is 1. The molecule has 7 nitrogen and oxygen atoms in total. The molecule has 1 aromatic carbocycles. The third kappa shape index (κ3) is 10.3. The standard InChI is InChI=1S/C18H30N4O3.HI/c1-13(25-15-9-7-8-14(10-15)24-6)11-20-17(19-5)21-12-16(23)22-18(2,3)4;/h7-10,13H,11-12H2,1-6H3,(H,22,23)(H2,19,20,21);1H. The van der Waals surface area contributed by atoms with E-state index in [4.69, 9.17) is 9.47 Å². The maximum Gasteiger partial charge on any atom is 0.239 e. The highest BCUT2D eigenvalue weighted by molar-refractivity contribution is 14.0. The SMILES string of the molecule is CN=C(NCC(=O)NC(C)(C)C)NCC(C)Oc1cccc(OC)c1.I. The average Bonchev–Trinajstić information content (AvgIpc) is 2.53. The molecule has 1 atom stereocenters. The minimum absolute atomic E-state index is 0. The monoisotopic (exact) mass is 478 g/mol. The largest absolute Gasteiger partial charge is 0.497 e. The Hall–Kier alpha value is -1.71. The minimum atomic E-state index is -0.255. The molecular weight excluding hydrogens is 447 g/mol. The topological polar surface area (TPSA) is 84.0 Å². The number of carbonyl (C=O) groups excluding carboxylic acids is 1. The first-order valence-corrected chi connectivity index (χ1v) is 8.29. The first-order valence-electron chi connectivity index (χ1n) is 8.29. The van der Waals surface area contributed by atoms with Crippen molar-refractivity contribution in [3.8, 4) is 11.5 Å². The second-order valence-electron chi connectivity index (χ2n) is 6.71. The van der Waals surface area contributed by atoms with E-state index < -0.39 is 0 Å². The molecule has 1 aromatic rings. The van der Waals surface area contributed by atoms with Crippen LogP contribution in [0.15, 0.2) is 29.3 Å². The van der Waals surface area contributed by atoms with E-state index in [2.05, 4.69) is 20.9 Å². The first kappa shape index (κ1) is 24.3. The molecule has 0 radical (unpaired) electrons. The van der Waals surface area contributed by atoms with Crippen LogP contribution in [0.1, 0.15) is 27.7 Å². The summed E-state index contributed by atoms with van der Waals surface area (Å²) in [6, 6.07) is 7.45. The minimum Gasteiger partial charge on any atom is -0.497 e. The van der Waals surface area contributed by atoms with Gasteiger partial charge in [0.1, 0.15) is 17.6 Å². The van der Waals surface area contributed by atoms with Crippen LogP contribution in [0.5, 0.6) is 11.5 Å². The zero-order chi connectivity index (χ0) is 18.9. The van der Waals surface area contributed by atoms with E-state index in [1.165, 1.54) is 0 Å². The molecule has 0 heterocycles. The molecule has 26 heavy (non-hydrogen) atoms. The zero-order valence-corrected chi connectivity index (χ0v) is 18.7. The Bertz CT molecular complexity index is 588. The number of methoxy groups -OCH3 is 1. The van der Waals surface area contributed by atoms with Crippen molar-refractivity contribution in [3.05, 3.63) is 24.3 Å². The van der Waals surface area contributed by atoms with Gasteiger partial charge in [-0.05, 0) is 39.8 Å². The number of hydrogen-bond donors (Lipinski definition) is 3. The molecule has 1 rings (SSSR count). The van der Waals surface area contributed by atoms with E-state index in [1.807, 2.05) is 52.0 Å². The van der Waals surface area contributed by atoms with Gasteiger partial charge in [-0.2, -0.15) is 0 Å². The number of benzene rings is 1. The second-order valence-corrected chi connectivity index (χ2v) is 6.71. The smallest absolute Gasteiger partial charge is 0.239 e. The highest BCUT2D eigenvalue weighted by Gasteiger charge is 2.14. The van der Waals surface area contributed by atoms with E-state index in [9.17, 15) is 4.79 Å². The van der Waals surface area contributed by atoms with Gasteiger partial charge in [0.15, 0.2) is 5.96 Å². The Morgan fingerprint density at radius 3 is 2.46 bits per heavy atom. The third-order valence-electron chi connectivity index (χ3n) is 3.09. The quantitative estimate of drug-likeness (QED) is 0.318. The predicted molar refractivity (Wildman–Crippen MR) is 116 cm³/mol. The van der Waals surface area contributed by atoms with Crippen molar-refractivity contribution in [1.29, 1.82) is 0 Å². The maximum absolute atomic E-state index is 11.8. The Morgan fingerprint density at radius 1 is 1.23 bits per heavy atom. The normalized spacial score (nSPS) is 12.5. The lowest BCUT2D eigenvalue weighted by molar-refractivity contribution is -0.121. The molecule has 0 saturated carbocycles. The van der Waals surface area contributed by atoms with Crippen molar-refractivity contribution in [2.75, 3.05) is 27.2 Å². The number of amides is 1. The molecule has 0 aliphatic carbocycles. The third-order valence-corrected chi connectivity index (χ3v) is 3.09. The fourth-order valence-corrected chi connectivity index (χ4v) is 2.04. The van der Waals surface area contributed by atoms with Gasteiger partial charge in [0.05, 0.1) is 20.2 Å². The van der Waals surface area contributed by atoms with Gasteiger partial charge >= 0.3 is 0 Å². The molecule has 1 unspecified atom stereocenters. The summed E-state index contributed by atoms with van der Waals surface area (Å²) in [6.07, 6.45) is -0.0888. The van der Waals surface area contributed by atoms with Gasteiger partial charge < -0.3 is 25.4 Å². The number of guanidine groups is 1. The maximum atomic E-state index is 11.8. The highest BCUT2D eigenvalue weighted by Crippen LogP contribution is 2.19. The van der Waals surface area contributed by atoms with Gasteiger partial charge in [-0.25, -0.2) is 0 Å². The van der Waals surface area contributed by atoms with E-state index in [0.717, 1.165) is 11.5 Å². The second kappa shape index (κ2) is 11.8. The van der Waals surface area contributed by atoms with Crippen molar-refractivity contribution >= 4 is 35.8 Å². The number of carbonyl (C=O) groups is 1. The van der Waals surface area contributed by atoms with Crippen LogP contribution >= 0.6 is 24.0 Å². The first-order chi connectivity index (χ1) is 11.7. The molecule has 0 fully saturated rings. The Balaban J connectivity index is 0.00000625.